The molecule has 3 N–H and O–H groups in total. The Bertz CT molecular complexity index is 227. The van der Waals surface area contributed by atoms with Crippen LogP contribution in [-0.4, -0.2) is 42.1 Å². The summed E-state index contributed by atoms with van der Waals surface area (Å²) in [6, 6.07) is -0.280. The molecule has 1 aliphatic heterocycles. The Balaban J connectivity index is 2.22. The molecule has 1 heterocycles. The first kappa shape index (κ1) is 12.2. The molecule has 6 heteroatoms. The summed E-state index contributed by atoms with van der Waals surface area (Å²) < 4.78 is 4.91. The second kappa shape index (κ2) is 4.78. The predicted octanol–water partition coefficient (Wildman–Crippen LogP) is -0.225. The maximum atomic E-state index is 11.1. The number of aliphatic hydroxyl groups is 1. The molecule has 6 nitrogen and oxygen atoms in total. The molecule has 0 saturated carbocycles. The van der Waals surface area contributed by atoms with E-state index in [0.29, 0.717) is 13.1 Å². The molecule has 0 radical (unpaired) electrons. The van der Waals surface area contributed by atoms with E-state index in [0.717, 1.165) is 0 Å². The molecule has 1 fully saturated rings. The van der Waals surface area contributed by atoms with Gasteiger partial charge in [0.1, 0.15) is 5.60 Å². The van der Waals surface area contributed by atoms with Gasteiger partial charge in [-0.2, -0.15) is 0 Å². The Morgan fingerprint density at radius 1 is 1.47 bits per heavy atom. The normalized spacial score (nSPS) is 26.4. The smallest absolute Gasteiger partial charge is 0.427 e. The van der Waals surface area contributed by atoms with Crippen LogP contribution in [0.3, 0.4) is 0 Å². The number of carbonyl (C=O) groups is 1. The summed E-state index contributed by atoms with van der Waals surface area (Å²) in [6.07, 6.45) is -1.34. The Kier molecular flexibility index (Phi) is 3.90. The van der Waals surface area contributed by atoms with Gasteiger partial charge in [-0.05, 0) is 20.8 Å². The molecule has 15 heavy (non-hydrogen) atoms. The molecule has 2 atom stereocenters. The van der Waals surface area contributed by atoms with Crippen LogP contribution in [0.1, 0.15) is 20.8 Å². The van der Waals surface area contributed by atoms with Crippen molar-refractivity contribution in [2.45, 2.75) is 38.5 Å². The van der Waals surface area contributed by atoms with Crippen molar-refractivity contribution in [3.8, 4) is 0 Å². The fourth-order valence-electron chi connectivity index (χ4n) is 1.18. The number of hydrogen-bond acceptors (Lipinski definition) is 6. The summed E-state index contributed by atoms with van der Waals surface area (Å²) in [5.74, 6) is 0. The largest absolute Gasteiger partial charge is 0.528 e. The highest BCUT2D eigenvalue weighted by molar-refractivity contribution is 5.60. The predicted molar refractivity (Wildman–Crippen MR) is 53.1 cm³/mol. The number of β-amino-alcohol motifs (C(OH)–C–C–N with tert-alkyl or cyclic N) is 1. The molecular formula is C9H18N2O4. The van der Waals surface area contributed by atoms with Gasteiger partial charge in [-0.15, -0.1) is 5.48 Å². The van der Waals surface area contributed by atoms with Crippen molar-refractivity contribution >= 4 is 6.16 Å². The lowest BCUT2D eigenvalue weighted by molar-refractivity contribution is -0.0467. The molecule has 88 valence electrons. The topological polar surface area (TPSA) is 79.8 Å². The van der Waals surface area contributed by atoms with E-state index in [-0.39, 0.29) is 6.04 Å². The van der Waals surface area contributed by atoms with Gasteiger partial charge in [-0.3, -0.25) is 0 Å². The molecule has 0 aromatic rings. The van der Waals surface area contributed by atoms with Crippen LogP contribution in [0.4, 0.5) is 4.79 Å². The Hall–Kier alpha value is -0.850. The van der Waals surface area contributed by atoms with E-state index in [1.54, 1.807) is 20.8 Å². The fraction of sp³-hybridized carbons (Fsp3) is 0.889. The van der Waals surface area contributed by atoms with Crippen LogP contribution in [0.25, 0.3) is 0 Å². The molecule has 0 aliphatic carbocycles. The molecule has 0 aromatic heterocycles. The third kappa shape index (κ3) is 4.46. The number of hydrogen-bond donors (Lipinski definition) is 3. The van der Waals surface area contributed by atoms with Crippen molar-refractivity contribution in [1.82, 2.24) is 10.8 Å². The molecule has 1 aliphatic rings. The number of aliphatic hydroxyl groups excluding tert-OH is 1. The molecule has 0 amide bonds. The van der Waals surface area contributed by atoms with Crippen molar-refractivity contribution in [1.29, 1.82) is 0 Å². The number of carbonyl (C=O) groups excluding carboxylic acids is 1. The summed E-state index contributed by atoms with van der Waals surface area (Å²) >= 11 is 0. The van der Waals surface area contributed by atoms with Crippen molar-refractivity contribution < 1.29 is 19.5 Å². The lowest BCUT2D eigenvalue weighted by Crippen LogP contribution is -2.41. The zero-order valence-corrected chi connectivity index (χ0v) is 9.24. The number of nitrogens with one attached hydrogen (secondary N) is 2. The van der Waals surface area contributed by atoms with Crippen molar-refractivity contribution in [3.05, 3.63) is 0 Å². The van der Waals surface area contributed by atoms with Crippen molar-refractivity contribution in [2.24, 2.45) is 0 Å². The Morgan fingerprint density at radius 2 is 2.13 bits per heavy atom. The maximum absolute atomic E-state index is 11.1. The highest BCUT2D eigenvalue weighted by Crippen LogP contribution is 2.08. The van der Waals surface area contributed by atoms with Gasteiger partial charge >= 0.3 is 6.16 Å². The van der Waals surface area contributed by atoms with Gasteiger partial charge in [0.2, 0.25) is 0 Å². The molecule has 0 aromatic carbocycles. The summed E-state index contributed by atoms with van der Waals surface area (Å²) in [6.45, 7) is 6.31. The van der Waals surface area contributed by atoms with E-state index in [1.807, 2.05) is 0 Å². The number of rotatable bonds is 2. The van der Waals surface area contributed by atoms with Gasteiger partial charge in [-0.25, -0.2) is 4.79 Å². The molecule has 1 rings (SSSR count). The molecule has 0 unspecified atom stereocenters. The van der Waals surface area contributed by atoms with Crippen LogP contribution < -0.4 is 10.8 Å². The Labute approximate surface area is 88.9 Å². The third-order valence-corrected chi connectivity index (χ3v) is 1.87. The zero-order chi connectivity index (χ0) is 11.5. The molecular weight excluding hydrogens is 200 g/mol. The van der Waals surface area contributed by atoms with Gasteiger partial charge in [0, 0.05) is 13.1 Å². The van der Waals surface area contributed by atoms with Gasteiger partial charge in [-0.1, -0.05) is 0 Å². The minimum Gasteiger partial charge on any atom is -0.427 e. The average Bonchev–Trinajstić information content (AvgIpc) is 2.44. The van der Waals surface area contributed by atoms with Crippen LogP contribution in [0.15, 0.2) is 0 Å². The second-order valence-corrected chi connectivity index (χ2v) is 4.52. The summed E-state index contributed by atoms with van der Waals surface area (Å²) in [7, 11) is 0. The van der Waals surface area contributed by atoms with E-state index in [4.69, 9.17) is 4.74 Å². The highest BCUT2D eigenvalue weighted by Gasteiger charge is 2.27. The van der Waals surface area contributed by atoms with Crippen LogP contribution in [0, 0.1) is 0 Å². The monoisotopic (exact) mass is 218 g/mol. The van der Waals surface area contributed by atoms with Crippen LogP contribution in [0.5, 0.6) is 0 Å². The number of hydroxylamine groups is 1. The minimum atomic E-state index is -0.790. The first-order valence-corrected chi connectivity index (χ1v) is 4.92. The minimum absolute atomic E-state index is 0.280. The standard InChI is InChI=1S/C9H18N2O4/c1-9(2,3)14-8(13)15-11-6-4-10-5-7(6)12/h6-7,10-12H,4-5H2,1-3H3/t6-,7+/m0/s1. The van der Waals surface area contributed by atoms with Gasteiger partial charge in [0.05, 0.1) is 12.1 Å². The van der Waals surface area contributed by atoms with E-state index in [9.17, 15) is 9.90 Å². The summed E-state index contributed by atoms with van der Waals surface area (Å²) in [5.41, 5.74) is 1.89. The SMILES string of the molecule is CC(C)(C)OC(=O)ON[C@H]1CNC[C@H]1O. The number of ether oxygens (including phenoxy) is 1. The van der Waals surface area contributed by atoms with Gasteiger partial charge < -0.3 is 20.0 Å². The summed E-state index contributed by atoms with van der Waals surface area (Å²) in [4.78, 5) is 15.8. The van der Waals surface area contributed by atoms with Crippen molar-refractivity contribution in [2.75, 3.05) is 13.1 Å². The maximum Gasteiger partial charge on any atom is 0.528 e. The second-order valence-electron chi connectivity index (χ2n) is 4.52. The van der Waals surface area contributed by atoms with E-state index < -0.39 is 17.9 Å². The lowest BCUT2D eigenvalue weighted by atomic mass is 10.2. The fourth-order valence-corrected chi connectivity index (χ4v) is 1.18. The quantitative estimate of drug-likeness (QED) is 0.439. The molecule has 0 spiro atoms. The van der Waals surface area contributed by atoms with Crippen molar-refractivity contribution in [3.63, 3.8) is 0 Å². The zero-order valence-electron chi connectivity index (χ0n) is 9.24. The Morgan fingerprint density at radius 3 is 2.60 bits per heavy atom. The van der Waals surface area contributed by atoms with Crippen LogP contribution >= 0.6 is 0 Å². The van der Waals surface area contributed by atoms with Gasteiger partial charge in [0.15, 0.2) is 0 Å². The molecule has 1 saturated heterocycles. The van der Waals surface area contributed by atoms with Crippen LogP contribution in [0.2, 0.25) is 0 Å². The first-order valence-electron chi connectivity index (χ1n) is 4.92. The van der Waals surface area contributed by atoms with Gasteiger partial charge in [0.25, 0.3) is 0 Å². The van der Waals surface area contributed by atoms with E-state index in [2.05, 4.69) is 15.6 Å². The first-order chi connectivity index (χ1) is 6.88. The van der Waals surface area contributed by atoms with E-state index >= 15 is 0 Å². The third-order valence-electron chi connectivity index (χ3n) is 1.87. The van der Waals surface area contributed by atoms with Crippen LogP contribution in [-0.2, 0) is 9.57 Å². The molecule has 0 bridgehead atoms. The highest BCUT2D eigenvalue weighted by atomic mass is 16.8. The van der Waals surface area contributed by atoms with E-state index in [1.165, 1.54) is 0 Å². The summed E-state index contributed by atoms with van der Waals surface area (Å²) in [5, 5.41) is 12.3. The average molecular weight is 218 g/mol. The lowest BCUT2D eigenvalue weighted by Gasteiger charge is -2.20.